The monoisotopic (exact) mass is 294 g/mol. The molecule has 0 atom stereocenters. The number of alkyl halides is 2. The first-order valence-corrected chi connectivity index (χ1v) is 5.52. The number of aromatic nitrogens is 1. The molecule has 0 spiro atoms. The summed E-state index contributed by atoms with van der Waals surface area (Å²) < 4.78 is 30.2. The number of hydrogen-bond acceptors (Lipinski definition) is 5. The number of nitrogens with zero attached hydrogens (tertiary/aromatic N) is 2. The van der Waals surface area contributed by atoms with Crippen molar-refractivity contribution in [2.24, 2.45) is 0 Å². The van der Waals surface area contributed by atoms with Crippen LogP contribution < -0.4 is 0 Å². The van der Waals surface area contributed by atoms with Crippen LogP contribution in [0.5, 0.6) is 0 Å². The molecule has 0 fully saturated rings. The van der Waals surface area contributed by atoms with Crippen molar-refractivity contribution in [2.45, 2.75) is 19.8 Å². The number of carbonyl (C=O) groups excluding carboxylic acids is 1. The van der Waals surface area contributed by atoms with Crippen LogP contribution in [-0.4, -0.2) is 22.5 Å². The molecule has 0 bridgehead atoms. The van der Waals surface area contributed by atoms with Crippen molar-refractivity contribution in [1.82, 2.24) is 4.98 Å². The van der Waals surface area contributed by atoms with Gasteiger partial charge >= 0.3 is 11.8 Å². The summed E-state index contributed by atoms with van der Waals surface area (Å²) in [6, 6.07) is 0.796. The number of hydrogen-bond donors (Lipinski definition) is 0. The summed E-state index contributed by atoms with van der Waals surface area (Å²) >= 11 is 5.49. The molecule has 0 radical (unpaired) electrons. The Morgan fingerprint density at radius 1 is 1.63 bits per heavy atom. The lowest BCUT2D eigenvalue weighted by atomic mass is 10.1. The van der Waals surface area contributed by atoms with Crippen molar-refractivity contribution < 1.29 is 23.2 Å². The van der Waals surface area contributed by atoms with Crippen molar-refractivity contribution in [3.63, 3.8) is 0 Å². The van der Waals surface area contributed by atoms with E-state index in [9.17, 15) is 23.7 Å². The van der Waals surface area contributed by atoms with Crippen LogP contribution in [0, 0.1) is 10.1 Å². The van der Waals surface area contributed by atoms with Gasteiger partial charge in [0, 0.05) is 6.07 Å². The lowest BCUT2D eigenvalue weighted by Gasteiger charge is -2.08. The van der Waals surface area contributed by atoms with Crippen LogP contribution in [0.3, 0.4) is 0 Å². The van der Waals surface area contributed by atoms with E-state index in [4.69, 9.17) is 11.6 Å². The summed E-state index contributed by atoms with van der Waals surface area (Å²) in [5.74, 6) is -1.48. The van der Waals surface area contributed by atoms with E-state index in [-0.39, 0.29) is 12.2 Å². The Balaban J connectivity index is 3.24. The van der Waals surface area contributed by atoms with Gasteiger partial charge in [0.15, 0.2) is 0 Å². The predicted octanol–water partition coefficient (Wildman–Crippen LogP) is 2.69. The Morgan fingerprint density at radius 2 is 2.26 bits per heavy atom. The topological polar surface area (TPSA) is 82.3 Å². The molecule has 104 valence electrons. The zero-order valence-corrected chi connectivity index (χ0v) is 10.5. The van der Waals surface area contributed by atoms with Gasteiger partial charge in [-0.1, -0.05) is 0 Å². The molecule has 0 unspecified atom stereocenters. The van der Waals surface area contributed by atoms with Crippen LogP contribution in [0.25, 0.3) is 0 Å². The van der Waals surface area contributed by atoms with Gasteiger partial charge < -0.3 is 14.9 Å². The highest BCUT2D eigenvalue weighted by Crippen LogP contribution is 2.31. The van der Waals surface area contributed by atoms with Gasteiger partial charge in [0.2, 0.25) is 0 Å². The van der Waals surface area contributed by atoms with Gasteiger partial charge in [-0.2, -0.15) is 0 Å². The molecule has 19 heavy (non-hydrogen) atoms. The number of pyridine rings is 1. The van der Waals surface area contributed by atoms with Gasteiger partial charge in [0.25, 0.3) is 11.6 Å². The summed E-state index contributed by atoms with van der Waals surface area (Å²) in [5, 5.41) is 9.89. The summed E-state index contributed by atoms with van der Waals surface area (Å²) in [6.07, 6.45) is -3.53. The Labute approximate surface area is 111 Å². The average molecular weight is 295 g/mol. The van der Waals surface area contributed by atoms with Crippen molar-refractivity contribution >= 4 is 23.4 Å². The molecule has 1 rings (SSSR count). The van der Waals surface area contributed by atoms with E-state index in [2.05, 4.69) is 9.72 Å². The lowest BCUT2D eigenvalue weighted by molar-refractivity contribution is -0.389. The molecule has 1 aromatic heterocycles. The smallest absolute Gasteiger partial charge is 0.365 e. The van der Waals surface area contributed by atoms with E-state index < -0.39 is 40.3 Å². The van der Waals surface area contributed by atoms with Gasteiger partial charge in [0.1, 0.15) is 0 Å². The van der Waals surface area contributed by atoms with E-state index in [1.54, 1.807) is 6.92 Å². The molecular formula is C10H9ClF2N2O4. The fraction of sp³-hybridized carbons (Fsp3) is 0.400. The second-order valence-corrected chi connectivity index (χ2v) is 3.74. The third-order valence-corrected chi connectivity index (χ3v) is 2.42. The maximum atomic E-state index is 12.8. The Kier molecular flexibility index (Phi) is 5.11. The summed E-state index contributed by atoms with van der Waals surface area (Å²) in [7, 11) is 0. The van der Waals surface area contributed by atoms with Crippen LogP contribution in [0.4, 0.5) is 14.6 Å². The van der Waals surface area contributed by atoms with Gasteiger partial charge in [-0.3, -0.25) is 4.79 Å². The number of rotatable bonds is 5. The second kappa shape index (κ2) is 6.37. The van der Waals surface area contributed by atoms with Crippen molar-refractivity contribution in [3.05, 3.63) is 32.5 Å². The third-order valence-electron chi connectivity index (χ3n) is 2.13. The van der Waals surface area contributed by atoms with E-state index in [1.165, 1.54) is 0 Å². The van der Waals surface area contributed by atoms with Crippen LogP contribution >= 0.6 is 11.6 Å². The molecule has 0 aliphatic rings. The second-order valence-electron chi connectivity index (χ2n) is 3.38. The predicted molar refractivity (Wildman–Crippen MR) is 61.2 cm³/mol. The number of nitro groups is 1. The molecule has 0 aromatic carbocycles. The molecule has 0 N–H and O–H groups in total. The molecule has 9 heteroatoms. The highest BCUT2D eigenvalue weighted by Gasteiger charge is 2.26. The molecule has 1 aromatic rings. The molecule has 0 saturated heterocycles. The van der Waals surface area contributed by atoms with Gasteiger partial charge in [-0.15, -0.1) is 0 Å². The first-order valence-electron chi connectivity index (χ1n) is 5.14. The van der Waals surface area contributed by atoms with E-state index in [1.807, 2.05) is 0 Å². The SMILES string of the molecule is CCOC(=O)Cc1cc([N+](=O)[O-])nc(Cl)c1C(F)F. The van der Waals surface area contributed by atoms with E-state index in [0.717, 1.165) is 6.07 Å². The van der Waals surface area contributed by atoms with Crippen LogP contribution in [0.1, 0.15) is 24.5 Å². The highest BCUT2D eigenvalue weighted by atomic mass is 35.5. The van der Waals surface area contributed by atoms with E-state index >= 15 is 0 Å². The number of halogens is 3. The zero-order valence-electron chi connectivity index (χ0n) is 9.73. The summed E-state index contributed by atoms with van der Waals surface area (Å²) in [4.78, 5) is 24.2. The largest absolute Gasteiger partial charge is 0.466 e. The van der Waals surface area contributed by atoms with E-state index in [0.29, 0.717) is 0 Å². The molecule has 6 nitrogen and oxygen atoms in total. The fourth-order valence-electron chi connectivity index (χ4n) is 1.40. The van der Waals surface area contributed by atoms with Crippen LogP contribution in [0.2, 0.25) is 5.15 Å². The third kappa shape index (κ3) is 3.82. The first kappa shape index (κ1) is 15.2. The minimum Gasteiger partial charge on any atom is -0.466 e. The van der Waals surface area contributed by atoms with Gasteiger partial charge in [-0.05, 0) is 34.0 Å². The number of esters is 1. The number of ether oxygens (including phenoxy) is 1. The fourth-order valence-corrected chi connectivity index (χ4v) is 1.69. The molecule has 0 aliphatic carbocycles. The number of carbonyl (C=O) groups is 1. The Hall–Kier alpha value is -1.83. The van der Waals surface area contributed by atoms with Gasteiger partial charge in [0.05, 0.1) is 18.6 Å². The van der Waals surface area contributed by atoms with Crippen LogP contribution in [0.15, 0.2) is 6.07 Å². The molecule has 0 saturated carbocycles. The Morgan fingerprint density at radius 3 is 2.74 bits per heavy atom. The summed E-state index contributed by atoms with van der Waals surface area (Å²) in [5.41, 5.74) is -0.958. The Bertz CT molecular complexity index is 511. The van der Waals surface area contributed by atoms with Gasteiger partial charge in [-0.25, -0.2) is 8.78 Å². The maximum Gasteiger partial charge on any atom is 0.365 e. The minimum atomic E-state index is -3.00. The van der Waals surface area contributed by atoms with Crippen molar-refractivity contribution in [1.29, 1.82) is 0 Å². The molecular weight excluding hydrogens is 286 g/mol. The zero-order chi connectivity index (χ0) is 14.6. The van der Waals surface area contributed by atoms with Crippen LogP contribution in [-0.2, 0) is 16.0 Å². The standard InChI is InChI=1S/C10H9ClF2N2O4/c1-2-19-7(16)4-5-3-6(15(17)18)14-9(11)8(5)10(12)13/h3,10H,2,4H2,1H3. The first-order chi connectivity index (χ1) is 8.86. The normalized spacial score (nSPS) is 10.6. The highest BCUT2D eigenvalue weighted by molar-refractivity contribution is 6.30. The average Bonchev–Trinajstić information content (AvgIpc) is 2.27. The quantitative estimate of drug-likeness (QED) is 0.361. The lowest BCUT2D eigenvalue weighted by Crippen LogP contribution is -2.11. The molecule has 0 amide bonds. The minimum absolute atomic E-state index is 0.0732. The molecule has 1 heterocycles. The summed E-state index contributed by atoms with van der Waals surface area (Å²) in [6.45, 7) is 1.62. The van der Waals surface area contributed by atoms with Crippen molar-refractivity contribution in [3.8, 4) is 0 Å². The molecule has 0 aliphatic heterocycles. The van der Waals surface area contributed by atoms with Crippen molar-refractivity contribution in [2.75, 3.05) is 6.61 Å². The maximum absolute atomic E-state index is 12.8.